The first-order valence-electron chi connectivity index (χ1n) is 3.85. The Balaban J connectivity index is -0.0000000956. The summed E-state index contributed by atoms with van der Waals surface area (Å²) in [6.07, 6.45) is 4.71. The van der Waals surface area contributed by atoms with Crippen LogP contribution in [0.5, 0.6) is 0 Å². The average Bonchev–Trinajstić information content (AvgIpc) is 2.48. The van der Waals surface area contributed by atoms with Gasteiger partial charge in [0.2, 0.25) is 0 Å². The zero-order valence-corrected chi connectivity index (χ0v) is 7.39. The van der Waals surface area contributed by atoms with E-state index < -0.39 is 0 Å². The normalized spacial score (nSPS) is 6.40. The summed E-state index contributed by atoms with van der Waals surface area (Å²) in [6, 6.07) is 1.83. The number of nitrogens with one attached hydrogen (secondary N) is 1. The molecule has 0 saturated heterocycles. The van der Waals surface area contributed by atoms with E-state index in [2.05, 4.69) is 24.0 Å². The van der Waals surface area contributed by atoms with Crippen LogP contribution in [0, 0.1) is 0 Å². The van der Waals surface area contributed by atoms with Gasteiger partial charge in [0.25, 0.3) is 0 Å². The van der Waals surface area contributed by atoms with Gasteiger partial charge in [-0.3, -0.25) is 5.10 Å². The lowest BCUT2D eigenvalue weighted by Crippen LogP contribution is -1.53. The maximum absolute atomic E-state index is 3.60. The van der Waals surface area contributed by atoms with Gasteiger partial charge in [-0.05, 0) is 6.07 Å². The quantitative estimate of drug-likeness (QED) is 0.595. The van der Waals surface area contributed by atoms with Gasteiger partial charge in [0, 0.05) is 13.8 Å². The molecule has 0 aromatic carbocycles. The van der Waals surface area contributed by atoms with Crippen LogP contribution in [-0.2, 0) is 0 Å². The largest absolute Gasteiger partial charge is 0.286 e. The van der Waals surface area contributed by atoms with Gasteiger partial charge in [-0.2, -0.15) is 5.10 Å². The molecule has 0 fully saturated rings. The Kier molecular flexibility index (Phi) is 18.8. The minimum absolute atomic E-state index is 0. The molecule has 0 radical (unpaired) electrons. The average molecular weight is 144 g/mol. The van der Waals surface area contributed by atoms with E-state index in [9.17, 15) is 0 Å². The van der Waals surface area contributed by atoms with Crippen LogP contribution in [0.15, 0.2) is 18.5 Å². The molecule has 2 nitrogen and oxygen atoms in total. The lowest BCUT2D eigenvalue weighted by molar-refractivity contribution is 1.09. The number of aromatic nitrogens is 2. The van der Waals surface area contributed by atoms with Crippen molar-refractivity contribution in [2.75, 3.05) is 0 Å². The van der Waals surface area contributed by atoms with Crippen molar-refractivity contribution < 1.29 is 1.43 Å². The zero-order chi connectivity index (χ0) is 8.24. The van der Waals surface area contributed by atoms with Crippen molar-refractivity contribution >= 4 is 0 Å². The standard InChI is InChI=1S/C3H4N2.C3H8.C2H6.H2/c1-2-4-5-3-1;1-3-2;1-2;/h1-3H,(H,4,5);3H2,1-2H3;1-2H3;1H. The van der Waals surface area contributed by atoms with E-state index in [-0.39, 0.29) is 1.43 Å². The first kappa shape index (κ1) is 11.9. The number of hydrogen-bond acceptors (Lipinski definition) is 1. The van der Waals surface area contributed by atoms with Gasteiger partial charge in [0.15, 0.2) is 0 Å². The van der Waals surface area contributed by atoms with Crippen molar-refractivity contribution in [3.05, 3.63) is 18.5 Å². The lowest BCUT2D eigenvalue weighted by Gasteiger charge is -1.49. The van der Waals surface area contributed by atoms with E-state index >= 15 is 0 Å². The van der Waals surface area contributed by atoms with Crippen LogP contribution in [0.25, 0.3) is 0 Å². The first-order valence-corrected chi connectivity index (χ1v) is 3.85. The number of H-pyrrole nitrogens is 1. The Bertz CT molecular complexity index is 79.0. The Morgan fingerprint density at radius 1 is 1.40 bits per heavy atom. The van der Waals surface area contributed by atoms with Gasteiger partial charge >= 0.3 is 0 Å². The van der Waals surface area contributed by atoms with E-state index in [0.717, 1.165) is 0 Å². The molecule has 0 aliphatic carbocycles. The fourth-order valence-electron chi connectivity index (χ4n) is 0.215. The summed E-state index contributed by atoms with van der Waals surface area (Å²) < 4.78 is 0. The third-order valence-corrected chi connectivity index (χ3v) is 0.406. The van der Waals surface area contributed by atoms with Crippen molar-refractivity contribution in [3.63, 3.8) is 0 Å². The van der Waals surface area contributed by atoms with Crippen LogP contribution in [0.4, 0.5) is 0 Å². The van der Waals surface area contributed by atoms with E-state index in [0.29, 0.717) is 0 Å². The molecule has 0 bridgehead atoms. The van der Waals surface area contributed by atoms with Crippen LogP contribution >= 0.6 is 0 Å². The molecule has 62 valence electrons. The maximum Gasteiger partial charge on any atom is 0.0487 e. The van der Waals surface area contributed by atoms with E-state index in [1.807, 2.05) is 19.9 Å². The predicted molar refractivity (Wildman–Crippen MR) is 48.0 cm³/mol. The highest BCUT2D eigenvalue weighted by Crippen LogP contribution is 1.64. The Labute approximate surface area is 65.1 Å². The number of aromatic amines is 1. The summed E-state index contributed by atoms with van der Waals surface area (Å²) in [5.41, 5.74) is 0. The van der Waals surface area contributed by atoms with Crippen LogP contribution < -0.4 is 0 Å². The fourth-order valence-corrected chi connectivity index (χ4v) is 0.215. The van der Waals surface area contributed by atoms with Crippen LogP contribution in [0.2, 0.25) is 0 Å². The minimum atomic E-state index is 0. The maximum atomic E-state index is 3.60. The van der Waals surface area contributed by atoms with E-state index in [1.54, 1.807) is 12.4 Å². The lowest BCUT2D eigenvalue weighted by atomic mass is 10.6. The molecule has 1 N–H and O–H groups in total. The molecule has 0 atom stereocenters. The van der Waals surface area contributed by atoms with Gasteiger partial charge < -0.3 is 0 Å². The number of rotatable bonds is 0. The molecule has 0 aliphatic heterocycles. The zero-order valence-electron chi connectivity index (χ0n) is 7.39. The van der Waals surface area contributed by atoms with Gasteiger partial charge in [0.1, 0.15) is 0 Å². The van der Waals surface area contributed by atoms with E-state index in [4.69, 9.17) is 0 Å². The molecular formula is C8H20N2. The molecular weight excluding hydrogens is 124 g/mol. The highest BCUT2D eigenvalue weighted by molar-refractivity contribution is 4.72. The Morgan fingerprint density at radius 2 is 1.90 bits per heavy atom. The SMILES string of the molecule is CC.CCC.[HH].c1cn[nH]c1. The Morgan fingerprint density at radius 3 is 2.00 bits per heavy atom. The molecule has 1 rings (SSSR count). The predicted octanol–water partition coefficient (Wildman–Crippen LogP) is 3.10. The van der Waals surface area contributed by atoms with Gasteiger partial charge in [-0.25, -0.2) is 0 Å². The van der Waals surface area contributed by atoms with Crippen molar-refractivity contribution in [2.45, 2.75) is 34.1 Å². The molecule has 0 amide bonds. The van der Waals surface area contributed by atoms with Crippen LogP contribution in [0.3, 0.4) is 0 Å². The molecule has 0 unspecified atom stereocenters. The topological polar surface area (TPSA) is 28.7 Å². The molecule has 1 aromatic heterocycles. The van der Waals surface area contributed by atoms with Gasteiger partial charge in [-0.1, -0.05) is 34.1 Å². The molecule has 0 saturated carbocycles. The third kappa shape index (κ3) is 15.7. The summed E-state index contributed by atoms with van der Waals surface area (Å²) in [4.78, 5) is 0. The van der Waals surface area contributed by atoms with Gasteiger partial charge in [-0.15, -0.1) is 0 Å². The molecule has 2 heteroatoms. The molecule has 0 spiro atoms. The molecule has 0 aliphatic rings. The highest BCUT2D eigenvalue weighted by Gasteiger charge is 1.56. The number of nitrogens with zero attached hydrogens (tertiary/aromatic N) is 1. The van der Waals surface area contributed by atoms with Crippen molar-refractivity contribution in [3.8, 4) is 0 Å². The van der Waals surface area contributed by atoms with E-state index in [1.165, 1.54) is 6.42 Å². The second-order valence-electron chi connectivity index (χ2n) is 1.47. The third-order valence-electron chi connectivity index (χ3n) is 0.406. The second-order valence-corrected chi connectivity index (χ2v) is 1.47. The smallest absolute Gasteiger partial charge is 0.0487 e. The van der Waals surface area contributed by atoms with Crippen molar-refractivity contribution in [1.82, 2.24) is 10.2 Å². The highest BCUT2D eigenvalue weighted by atomic mass is 15.1. The first-order chi connectivity index (χ1) is 4.91. The van der Waals surface area contributed by atoms with Crippen molar-refractivity contribution in [2.24, 2.45) is 0 Å². The molecule has 10 heavy (non-hydrogen) atoms. The monoisotopic (exact) mass is 144 g/mol. The summed E-state index contributed by atoms with van der Waals surface area (Å²) in [5.74, 6) is 0. The van der Waals surface area contributed by atoms with Crippen LogP contribution in [0.1, 0.15) is 35.5 Å². The molecule has 1 aromatic rings. The Hall–Kier alpha value is -0.790. The summed E-state index contributed by atoms with van der Waals surface area (Å²) in [6.45, 7) is 8.25. The van der Waals surface area contributed by atoms with Crippen LogP contribution in [-0.4, -0.2) is 10.2 Å². The molecule has 1 heterocycles. The van der Waals surface area contributed by atoms with Gasteiger partial charge in [0.05, 0.1) is 0 Å². The second kappa shape index (κ2) is 15.7. The summed E-state index contributed by atoms with van der Waals surface area (Å²) in [7, 11) is 0. The summed E-state index contributed by atoms with van der Waals surface area (Å²) >= 11 is 0. The fraction of sp³-hybridized carbons (Fsp3) is 0.625. The number of hydrogen-bond donors (Lipinski definition) is 1. The summed E-state index contributed by atoms with van der Waals surface area (Å²) in [5, 5.41) is 6.21. The van der Waals surface area contributed by atoms with Crippen molar-refractivity contribution in [1.29, 1.82) is 0 Å². The minimum Gasteiger partial charge on any atom is -0.286 e.